The molecule has 9 heteroatoms. The third-order valence-electron chi connectivity index (χ3n) is 4.09. The highest BCUT2D eigenvalue weighted by Crippen LogP contribution is 2.32. The zero-order valence-electron chi connectivity index (χ0n) is 16.1. The summed E-state index contributed by atoms with van der Waals surface area (Å²) in [6.07, 6.45) is 1.02. The quantitative estimate of drug-likeness (QED) is 0.701. The number of sulfonamides is 1. The highest BCUT2D eigenvalue weighted by Gasteiger charge is 2.25. The highest BCUT2D eigenvalue weighted by atomic mass is 35.5. The number of carbonyl (C=O) groups is 1. The summed E-state index contributed by atoms with van der Waals surface area (Å²) in [4.78, 5) is 12.5. The molecule has 1 amide bonds. The van der Waals surface area contributed by atoms with Gasteiger partial charge in [0.15, 0.2) is 0 Å². The standard InChI is InChI=1S/C19H23ClN2O5S/c1-13(14-5-8-16(26-2)9-6-14)21-19(23)12-22(28(4,24)25)17-11-15(20)7-10-18(17)27-3/h5-11,13H,12H2,1-4H3,(H,21,23)/t13-/m1/s1. The number of hydrogen-bond donors (Lipinski definition) is 1. The van der Waals surface area contributed by atoms with E-state index >= 15 is 0 Å². The number of anilines is 1. The Morgan fingerprint density at radius 2 is 1.79 bits per heavy atom. The second-order valence-electron chi connectivity index (χ2n) is 6.15. The maximum absolute atomic E-state index is 12.5. The Hall–Kier alpha value is -2.45. The van der Waals surface area contributed by atoms with Gasteiger partial charge in [0.05, 0.1) is 32.2 Å². The van der Waals surface area contributed by atoms with Crippen LogP contribution >= 0.6 is 11.6 Å². The Morgan fingerprint density at radius 1 is 1.14 bits per heavy atom. The first kappa shape index (κ1) is 21.8. The fourth-order valence-corrected chi connectivity index (χ4v) is 3.65. The number of halogens is 1. The van der Waals surface area contributed by atoms with Gasteiger partial charge in [-0.25, -0.2) is 8.42 Å². The van der Waals surface area contributed by atoms with E-state index in [4.69, 9.17) is 21.1 Å². The van der Waals surface area contributed by atoms with Crippen LogP contribution in [0.1, 0.15) is 18.5 Å². The van der Waals surface area contributed by atoms with Crippen LogP contribution in [0.4, 0.5) is 5.69 Å². The lowest BCUT2D eigenvalue weighted by atomic mass is 10.1. The molecule has 0 fully saturated rings. The number of carbonyl (C=O) groups excluding carboxylic acids is 1. The largest absolute Gasteiger partial charge is 0.497 e. The minimum Gasteiger partial charge on any atom is -0.497 e. The highest BCUT2D eigenvalue weighted by molar-refractivity contribution is 7.92. The second-order valence-corrected chi connectivity index (χ2v) is 8.49. The van der Waals surface area contributed by atoms with E-state index in [0.717, 1.165) is 16.1 Å². The van der Waals surface area contributed by atoms with Crippen molar-refractivity contribution in [3.05, 3.63) is 53.1 Å². The molecule has 0 spiro atoms. The Bertz CT molecular complexity index is 932. The minimum atomic E-state index is -3.75. The van der Waals surface area contributed by atoms with Gasteiger partial charge in [-0.05, 0) is 42.8 Å². The van der Waals surface area contributed by atoms with E-state index in [1.165, 1.54) is 13.2 Å². The molecule has 152 valence electrons. The van der Waals surface area contributed by atoms with Crippen molar-refractivity contribution in [2.24, 2.45) is 0 Å². The first-order valence-electron chi connectivity index (χ1n) is 8.40. The number of rotatable bonds is 8. The lowest BCUT2D eigenvalue weighted by Gasteiger charge is -2.25. The van der Waals surface area contributed by atoms with E-state index in [1.807, 2.05) is 19.1 Å². The summed E-state index contributed by atoms with van der Waals surface area (Å²) in [5.74, 6) is 0.542. The van der Waals surface area contributed by atoms with Crippen molar-refractivity contribution in [3.8, 4) is 11.5 Å². The van der Waals surface area contributed by atoms with Gasteiger partial charge in [0.2, 0.25) is 15.9 Å². The first-order valence-corrected chi connectivity index (χ1v) is 10.6. The van der Waals surface area contributed by atoms with Crippen molar-refractivity contribution in [1.82, 2.24) is 5.32 Å². The van der Waals surface area contributed by atoms with Crippen molar-refractivity contribution in [2.75, 3.05) is 31.3 Å². The molecule has 1 N–H and O–H groups in total. The smallest absolute Gasteiger partial charge is 0.241 e. The van der Waals surface area contributed by atoms with Gasteiger partial charge in [-0.2, -0.15) is 0 Å². The molecule has 0 aliphatic heterocycles. The molecule has 0 unspecified atom stereocenters. The van der Waals surface area contributed by atoms with Gasteiger partial charge in [0.1, 0.15) is 18.0 Å². The van der Waals surface area contributed by atoms with Crippen molar-refractivity contribution in [1.29, 1.82) is 0 Å². The van der Waals surface area contributed by atoms with Crippen LogP contribution in [0.3, 0.4) is 0 Å². The molecular formula is C19H23ClN2O5S. The summed E-state index contributed by atoms with van der Waals surface area (Å²) in [7, 11) is -0.765. The molecule has 0 radical (unpaired) electrons. The van der Waals surface area contributed by atoms with Gasteiger partial charge in [-0.3, -0.25) is 9.10 Å². The van der Waals surface area contributed by atoms with Crippen molar-refractivity contribution in [3.63, 3.8) is 0 Å². The van der Waals surface area contributed by atoms with E-state index in [-0.39, 0.29) is 11.7 Å². The molecule has 0 aliphatic rings. The number of nitrogens with one attached hydrogen (secondary N) is 1. The monoisotopic (exact) mass is 426 g/mol. The maximum atomic E-state index is 12.5. The van der Waals surface area contributed by atoms with Crippen molar-refractivity contribution >= 4 is 33.2 Å². The SMILES string of the molecule is COc1ccc([C@@H](C)NC(=O)CN(c2cc(Cl)ccc2OC)S(C)(=O)=O)cc1. The topological polar surface area (TPSA) is 84.9 Å². The van der Waals surface area contributed by atoms with Crippen molar-refractivity contribution < 1.29 is 22.7 Å². The lowest BCUT2D eigenvalue weighted by Crippen LogP contribution is -2.41. The second kappa shape index (κ2) is 9.16. The third-order valence-corrected chi connectivity index (χ3v) is 5.45. The van der Waals surface area contributed by atoms with Gasteiger partial charge in [-0.15, -0.1) is 0 Å². The number of amides is 1. The van der Waals surface area contributed by atoms with E-state index in [9.17, 15) is 13.2 Å². The normalized spacial score (nSPS) is 12.2. The van der Waals surface area contributed by atoms with Crippen LogP contribution in [0.15, 0.2) is 42.5 Å². The van der Waals surface area contributed by atoms with Crippen LogP contribution in [0.25, 0.3) is 0 Å². The Kier molecular flexibility index (Phi) is 7.15. The number of hydrogen-bond acceptors (Lipinski definition) is 5. The van der Waals surface area contributed by atoms with E-state index < -0.39 is 22.5 Å². The number of nitrogens with zero attached hydrogens (tertiary/aromatic N) is 1. The van der Waals surface area contributed by atoms with Crippen LogP contribution in [0, 0.1) is 0 Å². The van der Waals surface area contributed by atoms with E-state index in [1.54, 1.807) is 31.4 Å². The van der Waals surface area contributed by atoms with Gasteiger partial charge in [0, 0.05) is 5.02 Å². The summed E-state index contributed by atoms with van der Waals surface area (Å²) in [6, 6.07) is 11.5. The van der Waals surface area contributed by atoms with Crippen LogP contribution in [-0.2, 0) is 14.8 Å². The Labute approximate surface area is 170 Å². The lowest BCUT2D eigenvalue weighted by molar-refractivity contribution is -0.120. The molecule has 0 saturated carbocycles. The summed E-state index contributed by atoms with van der Waals surface area (Å²) in [5, 5.41) is 3.13. The summed E-state index contributed by atoms with van der Waals surface area (Å²) >= 11 is 6.01. The number of benzene rings is 2. The van der Waals surface area contributed by atoms with Crippen LogP contribution in [-0.4, -0.2) is 41.3 Å². The van der Waals surface area contributed by atoms with E-state index in [0.29, 0.717) is 16.5 Å². The molecular weight excluding hydrogens is 404 g/mol. The Morgan fingerprint density at radius 3 is 2.32 bits per heavy atom. The molecule has 28 heavy (non-hydrogen) atoms. The van der Waals surface area contributed by atoms with Crippen LogP contribution in [0.5, 0.6) is 11.5 Å². The molecule has 0 heterocycles. The fourth-order valence-electron chi connectivity index (χ4n) is 2.63. The predicted octanol–water partition coefficient (Wildman–Crippen LogP) is 3.00. The van der Waals surface area contributed by atoms with Gasteiger partial charge < -0.3 is 14.8 Å². The molecule has 1 atom stereocenters. The Balaban J connectivity index is 2.21. The fraction of sp³-hybridized carbons (Fsp3) is 0.316. The summed E-state index contributed by atoms with van der Waals surface area (Å²) in [6.45, 7) is 1.40. The predicted molar refractivity (Wildman–Crippen MR) is 110 cm³/mol. The first-order chi connectivity index (χ1) is 13.2. The molecule has 2 aromatic rings. The average Bonchev–Trinajstić information content (AvgIpc) is 2.65. The minimum absolute atomic E-state index is 0.199. The summed E-state index contributed by atoms with van der Waals surface area (Å²) < 4.78 is 35.9. The van der Waals surface area contributed by atoms with Crippen molar-refractivity contribution in [2.45, 2.75) is 13.0 Å². The molecule has 0 aromatic heterocycles. The van der Waals surface area contributed by atoms with Gasteiger partial charge >= 0.3 is 0 Å². The molecule has 0 saturated heterocycles. The third kappa shape index (κ3) is 5.53. The molecule has 0 bridgehead atoms. The number of ether oxygens (including phenoxy) is 2. The van der Waals surface area contributed by atoms with Gasteiger partial charge in [-0.1, -0.05) is 23.7 Å². The average molecular weight is 427 g/mol. The molecule has 7 nitrogen and oxygen atoms in total. The number of methoxy groups -OCH3 is 2. The maximum Gasteiger partial charge on any atom is 0.241 e. The summed E-state index contributed by atoms with van der Waals surface area (Å²) in [5.41, 5.74) is 1.06. The zero-order valence-corrected chi connectivity index (χ0v) is 17.7. The van der Waals surface area contributed by atoms with Crippen LogP contribution in [0.2, 0.25) is 5.02 Å². The van der Waals surface area contributed by atoms with E-state index in [2.05, 4.69) is 5.32 Å². The zero-order chi connectivity index (χ0) is 20.9. The van der Waals surface area contributed by atoms with Gasteiger partial charge in [0.25, 0.3) is 0 Å². The molecule has 0 aliphatic carbocycles. The molecule has 2 aromatic carbocycles. The van der Waals surface area contributed by atoms with Crippen LogP contribution < -0.4 is 19.1 Å². The molecule has 2 rings (SSSR count).